The van der Waals surface area contributed by atoms with Gasteiger partial charge in [-0.1, -0.05) is 6.92 Å². The fourth-order valence-electron chi connectivity index (χ4n) is 2.06. The molecule has 0 aliphatic carbocycles. The van der Waals surface area contributed by atoms with Crippen LogP contribution in [0.4, 0.5) is 0 Å². The molecule has 0 fully saturated rings. The smallest absolute Gasteiger partial charge is 0.336 e. The van der Waals surface area contributed by atoms with Crippen molar-refractivity contribution >= 4 is 11.0 Å². The number of rotatable bonds is 7. The third kappa shape index (κ3) is 3.33. The van der Waals surface area contributed by atoms with Crippen molar-refractivity contribution in [3.8, 4) is 17.2 Å². The lowest BCUT2D eigenvalue weighted by atomic mass is 10.1. The topological polar surface area (TPSA) is 78.1 Å². The standard InChI is InChI=1S/C16H20O6/c1-10(9-17)6-7-21-16-13(20-3)8-12(19-2)11-4-5-14(18)22-15(11)16/h4-5,8,10,17H,6-7,9H2,1-3H3. The van der Waals surface area contributed by atoms with Gasteiger partial charge in [-0.3, -0.25) is 0 Å². The molecule has 0 spiro atoms. The molecule has 1 atom stereocenters. The molecule has 1 heterocycles. The second kappa shape index (κ2) is 7.17. The molecule has 2 rings (SSSR count). The van der Waals surface area contributed by atoms with E-state index in [2.05, 4.69) is 0 Å². The van der Waals surface area contributed by atoms with Crippen LogP contribution in [0.25, 0.3) is 11.0 Å². The maximum Gasteiger partial charge on any atom is 0.336 e. The first-order valence-corrected chi connectivity index (χ1v) is 7.03. The van der Waals surface area contributed by atoms with Crippen LogP contribution >= 0.6 is 0 Å². The average Bonchev–Trinajstić information content (AvgIpc) is 2.54. The lowest BCUT2D eigenvalue weighted by Gasteiger charge is -2.15. The first kappa shape index (κ1) is 16.2. The number of ether oxygens (including phenoxy) is 3. The molecule has 120 valence electrons. The summed E-state index contributed by atoms with van der Waals surface area (Å²) in [6.45, 7) is 2.39. The van der Waals surface area contributed by atoms with Crippen molar-refractivity contribution in [1.29, 1.82) is 0 Å². The maximum atomic E-state index is 11.5. The van der Waals surface area contributed by atoms with Gasteiger partial charge in [0, 0.05) is 18.7 Å². The van der Waals surface area contributed by atoms with Gasteiger partial charge >= 0.3 is 5.63 Å². The van der Waals surface area contributed by atoms with Crippen molar-refractivity contribution < 1.29 is 23.7 Å². The summed E-state index contributed by atoms with van der Waals surface area (Å²) in [7, 11) is 3.04. The molecule has 1 unspecified atom stereocenters. The third-order valence-corrected chi connectivity index (χ3v) is 3.40. The highest BCUT2D eigenvalue weighted by Crippen LogP contribution is 2.40. The van der Waals surface area contributed by atoms with Crippen molar-refractivity contribution in [3.63, 3.8) is 0 Å². The summed E-state index contributed by atoms with van der Waals surface area (Å²) in [6.07, 6.45) is 0.671. The quantitative estimate of drug-likeness (QED) is 0.790. The zero-order valence-corrected chi connectivity index (χ0v) is 12.9. The number of fused-ring (bicyclic) bond motifs is 1. The van der Waals surface area contributed by atoms with E-state index in [1.807, 2.05) is 6.92 Å². The summed E-state index contributed by atoms with van der Waals surface area (Å²) in [6, 6.07) is 4.64. The first-order valence-electron chi connectivity index (χ1n) is 7.03. The number of aliphatic hydroxyl groups excluding tert-OH is 1. The van der Waals surface area contributed by atoms with Crippen LogP contribution in [0.3, 0.4) is 0 Å². The number of benzene rings is 1. The molecule has 0 amide bonds. The monoisotopic (exact) mass is 308 g/mol. The highest BCUT2D eigenvalue weighted by molar-refractivity contribution is 5.91. The maximum absolute atomic E-state index is 11.5. The molecule has 2 aromatic rings. The molecule has 6 heteroatoms. The van der Waals surface area contributed by atoms with Crippen LogP contribution in [0.5, 0.6) is 17.2 Å². The van der Waals surface area contributed by atoms with Gasteiger partial charge in [0.1, 0.15) is 5.75 Å². The van der Waals surface area contributed by atoms with Crippen LogP contribution in [0.1, 0.15) is 13.3 Å². The van der Waals surface area contributed by atoms with Gasteiger partial charge in [0.25, 0.3) is 0 Å². The van der Waals surface area contributed by atoms with Crippen molar-refractivity contribution in [2.45, 2.75) is 13.3 Å². The van der Waals surface area contributed by atoms with Gasteiger partial charge in [-0.05, 0) is 18.4 Å². The van der Waals surface area contributed by atoms with E-state index in [1.165, 1.54) is 20.3 Å². The molecule has 0 saturated heterocycles. The molecule has 0 aliphatic heterocycles. The predicted molar refractivity (Wildman–Crippen MR) is 81.9 cm³/mol. The second-order valence-corrected chi connectivity index (χ2v) is 5.03. The summed E-state index contributed by atoms with van der Waals surface area (Å²) < 4.78 is 21.6. The van der Waals surface area contributed by atoms with Gasteiger partial charge in [-0.2, -0.15) is 0 Å². The largest absolute Gasteiger partial charge is 0.496 e. The van der Waals surface area contributed by atoms with Crippen LogP contribution < -0.4 is 19.8 Å². The molecular formula is C16H20O6. The first-order chi connectivity index (χ1) is 10.6. The normalized spacial score (nSPS) is 12.2. The van der Waals surface area contributed by atoms with Gasteiger partial charge in [0.15, 0.2) is 11.3 Å². The van der Waals surface area contributed by atoms with Crippen molar-refractivity contribution in [3.05, 3.63) is 28.6 Å². The fourth-order valence-corrected chi connectivity index (χ4v) is 2.06. The van der Waals surface area contributed by atoms with Crippen molar-refractivity contribution in [1.82, 2.24) is 0 Å². The number of hydrogen-bond acceptors (Lipinski definition) is 6. The Morgan fingerprint density at radius 2 is 1.95 bits per heavy atom. The van der Waals surface area contributed by atoms with Gasteiger partial charge < -0.3 is 23.7 Å². The van der Waals surface area contributed by atoms with Crippen LogP contribution in [0, 0.1) is 5.92 Å². The third-order valence-electron chi connectivity index (χ3n) is 3.40. The Hall–Kier alpha value is -2.21. The number of hydrogen-bond donors (Lipinski definition) is 1. The van der Waals surface area contributed by atoms with E-state index >= 15 is 0 Å². The molecule has 22 heavy (non-hydrogen) atoms. The van der Waals surface area contributed by atoms with E-state index in [9.17, 15) is 4.79 Å². The van der Waals surface area contributed by atoms with Gasteiger partial charge in [0.05, 0.1) is 26.2 Å². The highest BCUT2D eigenvalue weighted by Gasteiger charge is 2.18. The zero-order valence-electron chi connectivity index (χ0n) is 12.9. The van der Waals surface area contributed by atoms with E-state index in [-0.39, 0.29) is 12.5 Å². The summed E-state index contributed by atoms with van der Waals surface area (Å²) >= 11 is 0. The Balaban J connectivity index is 2.45. The summed E-state index contributed by atoms with van der Waals surface area (Å²) in [5.74, 6) is 1.45. The molecule has 0 bridgehead atoms. The molecule has 1 aromatic heterocycles. The van der Waals surface area contributed by atoms with E-state index in [1.54, 1.807) is 12.1 Å². The Morgan fingerprint density at radius 1 is 1.23 bits per heavy atom. The predicted octanol–water partition coefficient (Wildman–Crippen LogP) is 2.21. The molecule has 0 radical (unpaired) electrons. The lowest BCUT2D eigenvalue weighted by Crippen LogP contribution is -2.09. The van der Waals surface area contributed by atoms with Crippen LogP contribution in [-0.4, -0.2) is 32.5 Å². The minimum absolute atomic E-state index is 0.0962. The second-order valence-electron chi connectivity index (χ2n) is 5.03. The van der Waals surface area contributed by atoms with Crippen LogP contribution in [-0.2, 0) is 0 Å². The van der Waals surface area contributed by atoms with E-state index in [4.69, 9.17) is 23.7 Å². The summed E-state index contributed by atoms with van der Waals surface area (Å²) in [5, 5.41) is 9.69. The van der Waals surface area contributed by atoms with Gasteiger partial charge in [-0.25, -0.2) is 4.79 Å². The Morgan fingerprint density at radius 3 is 2.59 bits per heavy atom. The number of methoxy groups -OCH3 is 2. The SMILES string of the molecule is COc1cc(OC)c2ccc(=O)oc2c1OCCC(C)CO. The average molecular weight is 308 g/mol. The fraction of sp³-hybridized carbons (Fsp3) is 0.438. The van der Waals surface area contributed by atoms with Crippen LogP contribution in [0.15, 0.2) is 27.4 Å². The Labute approximate surface area is 128 Å². The molecule has 6 nitrogen and oxygen atoms in total. The van der Waals surface area contributed by atoms with Crippen molar-refractivity contribution in [2.75, 3.05) is 27.4 Å². The molecule has 0 aliphatic rings. The molecule has 1 aromatic carbocycles. The van der Waals surface area contributed by atoms with E-state index in [0.717, 1.165) is 0 Å². The highest BCUT2D eigenvalue weighted by atomic mass is 16.5. The summed E-state index contributed by atoms with van der Waals surface area (Å²) in [4.78, 5) is 11.5. The van der Waals surface area contributed by atoms with Crippen LogP contribution in [0.2, 0.25) is 0 Å². The zero-order chi connectivity index (χ0) is 16.1. The Bertz CT molecular complexity index is 691. The summed E-state index contributed by atoms with van der Waals surface area (Å²) in [5.41, 5.74) is -0.184. The van der Waals surface area contributed by atoms with Gasteiger partial charge in [0.2, 0.25) is 5.75 Å². The minimum Gasteiger partial charge on any atom is -0.496 e. The Kier molecular flexibility index (Phi) is 5.27. The van der Waals surface area contributed by atoms with E-state index < -0.39 is 5.63 Å². The van der Waals surface area contributed by atoms with E-state index in [0.29, 0.717) is 41.2 Å². The molecule has 0 saturated carbocycles. The molecule has 1 N–H and O–H groups in total. The molecular weight excluding hydrogens is 288 g/mol. The lowest BCUT2D eigenvalue weighted by molar-refractivity contribution is 0.199. The van der Waals surface area contributed by atoms with Crippen molar-refractivity contribution in [2.24, 2.45) is 5.92 Å². The minimum atomic E-state index is -0.476. The number of aliphatic hydroxyl groups is 1. The van der Waals surface area contributed by atoms with Gasteiger partial charge in [-0.15, -0.1) is 0 Å².